The van der Waals surface area contributed by atoms with E-state index in [9.17, 15) is 8.42 Å². The molecule has 0 aromatic heterocycles. The molecule has 0 spiro atoms. The highest BCUT2D eigenvalue weighted by atomic mass is 35.5. The zero-order valence-corrected chi connectivity index (χ0v) is 17.5. The highest BCUT2D eigenvalue weighted by Crippen LogP contribution is 2.34. The van der Waals surface area contributed by atoms with Gasteiger partial charge >= 0.3 is 0 Å². The first-order valence-electron chi connectivity index (χ1n) is 7.59. The third-order valence-corrected chi connectivity index (χ3v) is 6.91. The molecule has 0 amide bonds. The molecule has 2 unspecified atom stereocenters. The van der Waals surface area contributed by atoms with Crippen molar-refractivity contribution >= 4 is 56.2 Å². The maximum atomic E-state index is 13.4. The van der Waals surface area contributed by atoms with Crippen molar-refractivity contribution in [1.29, 1.82) is 10.5 Å². The van der Waals surface area contributed by atoms with Crippen LogP contribution in [-0.4, -0.2) is 19.2 Å². The summed E-state index contributed by atoms with van der Waals surface area (Å²) >= 11 is 24.1. The summed E-state index contributed by atoms with van der Waals surface area (Å²) in [6.07, 6.45) is -0.0863. The Morgan fingerprint density at radius 1 is 0.815 bits per heavy atom. The number of rotatable bonds is 6. The number of halogens is 4. The molecule has 0 saturated heterocycles. The Bertz CT molecular complexity index is 965. The third-order valence-electron chi connectivity index (χ3n) is 3.78. The first-order chi connectivity index (χ1) is 12.7. The number of benzene rings is 2. The number of sulfone groups is 1. The molecule has 2 rings (SSSR count). The van der Waals surface area contributed by atoms with Crippen molar-refractivity contribution in [3.05, 3.63) is 57.6 Å². The summed E-state index contributed by atoms with van der Waals surface area (Å²) < 4.78 is 26.7. The minimum absolute atomic E-state index is 0.0431. The first kappa shape index (κ1) is 21.8. The number of nitriles is 2. The van der Waals surface area contributed by atoms with E-state index < -0.39 is 20.6 Å². The quantitative estimate of drug-likeness (QED) is 0.555. The van der Waals surface area contributed by atoms with Crippen molar-refractivity contribution in [2.45, 2.75) is 33.4 Å². The third kappa shape index (κ3) is 4.88. The largest absolute Gasteiger partial charge is 0.218 e. The van der Waals surface area contributed by atoms with Crippen molar-refractivity contribution in [3.8, 4) is 12.1 Å². The first-order valence-corrected chi connectivity index (χ1v) is 10.7. The number of hydrogen-bond acceptors (Lipinski definition) is 4. The lowest BCUT2D eigenvalue weighted by atomic mass is 10.1. The van der Waals surface area contributed by atoms with Gasteiger partial charge in [-0.1, -0.05) is 35.3 Å². The predicted molar refractivity (Wildman–Crippen MR) is 106 cm³/mol. The molecular weight excluding hydrogens is 450 g/mol. The fourth-order valence-electron chi connectivity index (χ4n) is 2.55. The highest BCUT2D eigenvalue weighted by molar-refractivity contribution is 7.91. The van der Waals surface area contributed by atoms with Gasteiger partial charge in [-0.3, -0.25) is 0 Å². The SMILES string of the molecule is N#CC(Cl)Cc1c(Cl)cccc1S(=O)(=O)c1cccc(Cl)c1CC(Cl)C#N. The van der Waals surface area contributed by atoms with Gasteiger partial charge in [0, 0.05) is 22.9 Å². The predicted octanol–water partition coefficient (Wildman–Crippen LogP) is 5.17. The summed E-state index contributed by atoms with van der Waals surface area (Å²) in [6.45, 7) is 0. The van der Waals surface area contributed by atoms with Crippen molar-refractivity contribution in [3.63, 3.8) is 0 Å². The van der Waals surface area contributed by atoms with Gasteiger partial charge in [0.15, 0.2) is 0 Å². The van der Waals surface area contributed by atoms with E-state index in [2.05, 4.69) is 0 Å². The average molecular weight is 462 g/mol. The minimum atomic E-state index is -4.06. The van der Waals surface area contributed by atoms with Crippen molar-refractivity contribution < 1.29 is 8.42 Å². The Morgan fingerprint density at radius 2 is 1.19 bits per heavy atom. The van der Waals surface area contributed by atoms with Gasteiger partial charge in [-0.25, -0.2) is 8.42 Å². The van der Waals surface area contributed by atoms with Crippen LogP contribution in [0.1, 0.15) is 11.1 Å². The lowest BCUT2D eigenvalue weighted by Crippen LogP contribution is -2.13. The molecule has 0 bridgehead atoms. The molecule has 0 N–H and O–H groups in total. The highest BCUT2D eigenvalue weighted by Gasteiger charge is 2.28. The van der Waals surface area contributed by atoms with E-state index in [4.69, 9.17) is 56.9 Å². The normalized spacial score (nSPS) is 13.4. The summed E-state index contributed by atoms with van der Waals surface area (Å²) in [7, 11) is -4.06. The van der Waals surface area contributed by atoms with Crippen LogP contribution in [0.2, 0.25) is 10.0 Å². The molecule has 2 aromatic rings. The van der Waals surface area contributed by atoms with Gasteiger partial charge in [0.05, 0.1) is 21.9 Å². The summed E-state index contributed by atoms with van der Waals surface area (Å²) in [5.74, 6) is 0. The topological polar surface area (TPSA) is 81.7 Å². The number of nitrogens with zero attached hydrogens (tertiary/aromatic N) is 2. The van der Waals surface area contributed by atoms with Crippen LogP contribution in [0.4, 0.5) is 0 Å². The molecule has 0 fully saturated rings. The average Bonchev–Trinajstić information content (AvgIpc) is 2.64. The Kier molecular flexibility index (Phi) is 7.40. The standard InChI is InChI=1S/C18H12Cl4N2O2S/c19-11(9-23)7-13-15(21)3-1-5-17(13)27(25,26)18-6-2-4-16(22)14(18)8-12(20)10-24/h1-6,11-12H,7-8H2. The monoisotopic (exact) mass is 460 g/mol. The second kappa shape index (κ2) is 9.15. The van der Waals surface area contributed by atoms with Gasteiger partial charge < -0.3 is 0 Å². The molecule has 2 aromatic carbocycles. The molecule has 9 heteroatoms. The van der Waals surface area contributed by atoms with E-state index in [-0.39, 0.29) is 43.8 Å². The van der Waals surface area contributed by atoms with Crippen molar-refractivity contribution in [1.82, 2.24) is 0 Å². The summed E-state index contributed by atoms with van der Waals surface area (Å²) in [6, 6.07) is 12.5. The van der Waals surface area contributed by atoms with Crippen LogP contribution in [-0.2, 0) is 22.7 Å². The number of alkyl halides is 2. The maximum Gasteiger partial charge on any atom is 0.207 e. The van der Waals surface area contributed by atoms with E-state index in [1.807, 2.05) is 12.1 Å². The maximum absolute atomic E-state index is 13.4. The zero-order chi connectivity index (χ0) is 20.2. The van der Waals surface area contributed by atoms with E-state index in [1.165, 1.54) is 36.4 Å². The second-order valence-corrected chi connectivity index (χ2v) is 9.29. The molecular formula is C18H12Cl4N2O2S. The summed E-state index contributed by atoms with van der Waals surface area (Å²) in [5.41, 5.74) is 0.490. The van der Waals surface area contributed by atoms with Gasteiger partial charge in [-0.05, 0) is 35.4 Å². The Morgan fingerprint density at radius 3 is 1.52 bits per heavy atom. The molecule has 27 heavy (non-hydrogen) atoms. The van der Waals surface area contributed by atoms with E-state index in [1.54, 1.807) is 0 Å². The smallest absolute Gasteiger partial charge is 0.207 e. The van der Waals surface area contributed by atoms with Crippen LogP contribution in [0.5, 0.6) is 0 Å². The van der Waals surface area contributed by atoms with Gasteiger partial charge in [-0.15, -0.1) is 23.2 Å². The molecule has 0 aliphatic heterocycles. The molecule has 0 aliphatic carbocycles. The summed E-state index contributed by atoms with van der Waals surface area (Å²) in [4.78, 5) is -0.134. The summed E-state index contributed by atoms with van der Waals surface area (Å²) in [5, 5.41) is 16.4. The van der Waals surface area contributed by atoms with Crippen LogP contribution >= 0.6 is 46.4 Å². The Hall–Kier alpha value is -1.47. The fraction of sp³-hybridized carbons (Fsp3) is 0.222. The van der Waals surface area contributed by atoms with Crippen LogP contribution in [0, 0.1) is 22.7 Å². The van der Waals surface area contributed by atoms with Crippen LogP contribution in [0.3, 0.4) is 0 Å². The van der Waals surface area contributed by atoms with Gasteiger partial charge in [-0.2, -0.15) is 10.5 Å². The Balaban J connectivity index is 2.69. The lowest BCUT2D eigenvalue weighted by Gasteiger charge is -2.16. The van der Waals surface area contributed by atoms with Crippen LogP contribution in [0.25, 0.3) is 0 Å². The molecule has 4 nitrogen and oxygen atoms in total. The molecule has 0 radical (unpaired) electrons. The van der Waals surface area contributed by atoms with E-state index in [0.717, 1.165) is 0 Å². The molecule has 0 saturated carbocycles. The fourth-order valence-corrected chi connectivity index (χ4v) is 5.26. The van der Waals surface area contributed by atoms with Gasteiger partial charge in [0.25, 0.3) is 0 Å². The van der Waals surface area contributed by atoms with Crippen LogP contribution < -0.4 is 0 Å². The zero-order valence-electron chi connectivity index (χ0n) is 13.7. The van der Waals surface area contributed by atoms with E-state index >= 15 is 0 Å². The van der Waals surface area contributed by atoms with Gasteiger partial charge in [0.2, 0.25) is 9.84 Å². The molecule has 2 atom stereocenters. The Labute approximate surface area is 177 Å². The molecule has 0 heterocycles. The molecule has 0 aliphatic rings. The van der Waals surface area contributed by atoms with Gasteiger partial charge in [0.1, 0.15) is 10.8 Å². The minimum Gasteiger partial charge on any atom is -0.218 e. The van der Waals surface area contributed by atoms with Crippen molar-refractivity contribution in [2.24, 2.45) is 0 Å². The van der Waals surface area contributed by atoms with Crippen LogP contribution in [0.15, 0.2) is 46.2 Å². The lowest BCUT2D eigenvalue weighted by molar-refractivity contribution is 0.593. The number of hydrogen-bond donors (Lipinski definition) is 0. The van der Waals surface area contributed by atoms with E-state index in [0.29, 0.717) is 0 Å². The van der Waals surface area contributed by atoms with Crippen molar-refractivity contribution in [2.75, 3.05) is 0 Å². The molecule has 140 valence electrons. The second-order valence-electron chi connectivity index (χ2n) is 5.54.